The van der Waals surface area contributed by atoms with Crippen LogP contribution in [0.15, 0.2) is 48.5 Å². The van der Waals surface area contributed by atoms with Crippen molar-refractivity contribution in [2.24, 2.45) is 0 Å². The second kappa shape index (κ2) is 9.23. The molecule has 0 heterocycles. The first-order valence-corrected chi connectivity index (χ1v) is 8.12. The normalized spacial score (nSPS) is 11.2. The Morgan fingerprint density at radius 2 is 1.78 bits per heavy atom. The van der Waals surface area contributed by atoms with Gasteiger partial charge in [0.1, 0.15) is 5.56 Å². The molecule has 0 aliphatic rings. The molecule has 2 aromatic rings. The molecule has 8 nitrogen and oxygen atoms in total. The maximum Gasteiger partial charge on any atom is 0.342 e. The number of benzene rings is 2. The van der Waals surface area contributed by atoms with Crippen LogP contribution in [0.25, 0.3) is 0 Å². The van der Waals surface area contributed by atoms with Gasteiger partial charge in [-0.1, -0.05) is 36.4 Å². The maximum atomic E-state index is 12.1. The number of urea groups is 1. The zero-order valence-corrected chi connectivity index (χ0v) is 14.9. The third kappa shape index (κ3) is 5.46. The molecule has 0 fully saturated rings. The minimum Gasteiger partial charge on any atom is -0.504 e. The summed E-state index contributed by atoms with van der Waals surface area (Å²) < 4.78 is 9.91. The van der Waals surface area contributed by atoms with E-state index < -0.39 is 29.8 Å². The average molecular weight is 372 g/mol. The summed E-state index contributed by atoms with van der Waals surface area (Å²) in [6.07, 6.45) is -1.24. The minimum absolute atomic E-state index is 0.0989. The van der Waals surface area contributed by atoms with E-state index in [1.807, 2.05) is 30.3 Å². The summed E-state index contributed by atoms with van der Waals surface area (Å²) in [6, 6.07) is 12.7. The van der Waals surface area contributed by atoms with Crippen LogP contribution in [-0.4, -0.2) is 36.2 Å². The first-order chi connectivity index (χ1) is 12.9. The highest BCUT2D eigenvalue weighted by Crippen LogP contribution is 2.29. The second-order valence-electron chi connectivity index (χ2n) is 5.56. The van der Waals surface area contributed by atoms with Gasteiger partial charge in [-0.2, -0.15) is 0 Å². The molecule has 3 N–H and O–H groups in total. The maximum absolute atomic E-state index is 12.1. The van der Waals surface area contributed by atoms with E-state index in [0.29, 0.717) is 0 Å². The van der Waals surface area contributed by atoms with Crippen molar-refractivity contribution < 1.29 is 29.0 Å². The molecule has 0 saturated carbocycles. The Hall–Kier alpha value is -3.55. The second-order valence-corrected chi connectivity index (χ2v) is 5.56. The topological polar surface area (TPSA) is 114 Å². The highest BCUT2D eigenvalue weighted by Gasteiger charge is 2.23. The van der Waals surface area contributed by atoms with Gasteiger partial charge in [-0.3, -0.25) is 10.1 Å². The van der Waals surface area contributed by atoms with Crippen LogP contribution in [0.4, 0.5) is 4.79 Å². The van der Waals surface area contributed by atoms with Crippen molar-refractivity contribution in [2.45, 2.75) is 19.6 Å². The van der Waals surface area contributed by atoms with Crippen LogP contribution >= 0.6 is 0 Å². The highest BCUT2D eigenvalue weighted by molar-refractivity contribution is 5.99. The number of esters is 1. The molecule has 27 heavy (non-hydrogen) atoms. The number of carbonyl (C=O) groups excluding carboxylic acids is 3. The minimum atomic E-state index is -1.24. The average Bonchev–Trinajstić information content (AvgIpc) is 2.67. The number of carbonyl (C=O) groups is 3. The molecule has 142 valence electrons. The number of phenols is 1. The fourth-order valence-electron chi connectivity index (χ4n) is 2.17. The van der Waals surface area contributed by atoms with Crippen LogP contribution in [-0.2, 0) is 16.1 Å². The summed E-state index contributed by atoms with van der Waals surface area (Å²) in [4.78, 5) is 35.9. The molecule has 8 heteroatoms. The number of imide groups is 1. The molecule has 0 aliphatic carbocycles. The molecule has 1 atom stereocenters. The first kappa shape index (κ1) is 19.8. The van der Waals surface area contributed by atoms with Crippen molar-refractivity contribution in [3.8, 4) is 11.5 Å². The van der Waals surface area contributed by atoms with Gasteiger partial charge in [0.15, 0.2) is 17.6 Å². The summed E-state index contributed by atoms with van der Waals surface area (Å²) in [5, 5.41) is 14.6. The highest BCUT2D eigenvalue weighted by atomic mass is 16.5. The fourth-order valence-corrected chi connectivity index (χ4v) is 2.17. The molecule has 0 aromatic heterocycles. The fraction of sp³-hybridized carbons (Fsp3) is 0.211. The van der Waals surface area contributed by atoms with E-state index in [-0.39, 0.29) is 17.9 Å². The van der Waals surface area contributed by atoms with E-state index in [1.165, 1.54) is 32.2 Å². The van der Waals surface area contributed by atoms with E-state index in [0.717, 1.165) is 5.56 Å². The standard InChI is InChI=1S/C19H20N2O6/c1-12(27-18(24)14-9-6-10-15(26-2)16(14)22)17(23)21-19(25)20-11-13-7-4-3-5-8-13/h3-10,12,22H,11H2,1-2H3,(H2,20,21,23,25). The molecular weight excluding hydrogens is 352 g/mol. The Balaban J connectivity index is 1.87. The van der Waals surface area contributed by atoms with Crippen LogP contribution in [0.1, 0.15) is 22.8 Å². The Bertz CT molecular complexity index is 822. The summed E-state index contributed by atoms with van der Waals surface area (Å²) in [7, 11) is 1.34. The SMILES string of the molecule is COc1cccc(C(=O)OC(C)C(=O)NC(=O)NCc2ccccc2)c1O. The third-order valence-corrected chi connectivity index (χ3v) is 3.62. The van der Waals surface area contributed by atoms with E-state index in [2.05, 4.69) is 10.6 Å². The monoisotopic (exact) mass is 372 g/mol. The molecule has 0 aliphatic heterocycles. The van der Waals surface area contributed by atoms with E-state index in [9.17, 15) is 19.5 Å². The number of hydrogen-bond acceptors (Lipinski definition) is 6. The molecule has 0 saturated heterocycles. The zero-order valence-electron chi connectivity index (χ0n) is 14.9. The van der Waals surface area contributed by atoms with Gasteiger partial charge in [0.05, 0.1) is 7.11 Å². The smallest absolute Gasteiger partial charge is 0.342 e. The molecular formula is C19H20N2O6. The number of phenolic OH excluding ortho intramolecular Hbond substituents is 1. The van der Waals surface area contributed by atoms with E-state index >= 15 is 0 Å². The summed E-state index contributed by atoms with van der Waals surface area (Å²) in [5.41, 5.74) is 0.718. The number of para-hydroxylation sites is 1. The molecule has 0 bridgehead atoms. The van der Waals surface area contributed by atoms with Crippen LogP contribution in [0, 0.1) is 0 Å². The molecule has 0 radical (unpaired) electrons. The van der Waals surface area contributed by atoms with Crippen molar-refractivity contribution in [3.05, 3.63) is 59.7 Å². The van der Waals surface area contributed by atoms with Gasteiger partial charge in [-0.15, -0.1) is 0 Å². The number of nitrogens with one attached hydrogen (secondary N) is 2. The van der Waals surface area contributed by atoms with Crippen LogP contribution in [0.5, 0.6) is 11.5 Å². The largest absolute Gasteiger partial charge is 0.504 e. The van der Waals surface area contributed by atoms with Crippen molar-refractivity contribution in [2.75, 3.05) is 7.11 Å². The van der Waals surface area contributed by atoms with Gasteiger partial charge in [-0.05, 0) is 24.6 Å². The van der Waals surface area contributed by atoms with Crippen LogP contribution < -0.4 is 15.4 Å². The molecule has 0 spiro atoms. The van der Waals surface area contributed by atoms with Crippen molar-refractivity contribution in [1.82, 2.24) is 10.6 Å². The first-order valence-electron chi connectivity index (χ1n) is 8.12. The number of ether oxygens (including phenoxy) is 2. The number of rotatable bonds is 6. The van der Waals surface area contributed by atoms with Crippen molar-refractivity contribution in [3.63, 3.8) is 0 Å². The predicted molar refractivity (Wildman–Crippen MR) is 96.4 cm³/mol. The predicted octanol–water partition coefficient (Wildman–Crippen LogP) is 1.97. The Labute approximate surface area is 156 Å². The van der Waals surface area contributed by atoms with Crippen molar-refractivity contribution >= 4 is 17.9 Å². The van der Waals surface area contributed by atoms with Gasteiger partial charge < -0.3 is 19.9 Å². The summed E-state index contributed by atoms with van der Waals surface area (Å²) in [6.45, 7) is 1.56. The van der Waals surface area contributed by atoms with E-state index in [4.69, 9.17) is 9.47 Å². The van der Waals surface area contributed by atoms with Gasteiger partial charge in [0.25, 0.3) is 5.91 Å². The van der Waals surface area contributed by atoms with Crippen LogP contribution in [0.2, 0.25) is 0 Å². The molecule has 2 aromatic carbocycles. The van der Waals surface area contributed by atoms with Gasteiger partial charge in [-0.25, -0.2) is 9.59 Å². The number of amides is 3. The Kier molecular flexibility index (Phi) is 6.76. The van der Waals surface area contributed by atoms with Crippen molar-refractivity contribution in [1.29, 1.82) is 0 Å². The third-order valence-electron chi connectivity index (χ3n) is 3.62. The van der Waals surface area contributed by atoms with Gasteiger partial charge in [0.2, 0.25) is 0 Å². The summed E-state index contributed by atoms with van der Waals surface area (Å²) >= 11 is 0. The Morgan fingerprint density at radius 3 is 2.44 bits per heavy atom. The lowest BCUT2D eigenvalue weighted by Crippen LogP contribution is -2.44. The lowest BCUT2D eigenvalue weighted by Gasteiger charge is -2.14. The molecule has 3 amide bonds. The lowest BCUT2D eigenvalue weighted by molar-refractivity contribution is -0.127. The number of hydrogen-bond donors (Lipinski definition) is 3. The summed E-state index contributed by atoms with van der Waals surface area (Å²) in [5.74, 6) is -2.00. The lowest BCUT2D eigenvalue weighted by atomic mass is 10.2. The number of aromatic hydroxyl groups is 1. The zero-order chi connectivity index (χ0) is 19.8. The van der Waals surface area contributed by atoms with Gasteiger partial charge >= 0.3 is 12.0 Å². The molecule has 2 rings (SSSR count). The van der Waals surface area contributed by atoms with Crippen LogP contribution in [0.3, 0.4) is 0 Å². The number of methoxy groups -OCH3 is 1. The molecule has 1 unspecified atom stereocenters. The quantitative estimate of drug-likeness (QED) is 0.668. The van der Waals surface area contributed by atoms with Gasteiger partial charge in [0, 0.05) is 6.54 Å². The van der Waals surface area contributed by atoms with E-state index in [1.54, 1.807) is 0 Å². The Morgan fingerprint density at radius 1 is 1.07 bits per heavy atom.